The maximum absolute atomic E-state index is 12.2. The van der Waals surface area contributed by atoms with Gasteiger partial charge in [-0.25, -0.2) is 4.98 Å². The topological polar surface area (TPSA) is 119 Å². The first-order chi connectivity index (χ1) is 14.0. The molecule has 3 aromatic heterocycles. The highest BCUT2D eigenvalue weighted by molar-refractivity contribution is 6.32. The highest BCUT2D eigenvalue weighted by atomic mass is 35.5. The molecule has 144 valence electrons. The molecule has 3 heterocycles. The molecule has 0 saturated heterocycles. The summed E-state index contributed by atoms with van der Waals surface area (Å²) in [5.74, 6) is 0.798. The molecule has 10 heteroatoms. The van der Waals surface area contributed by atoms with Gasteiger partial charge >= 0.3 is 0 Å². The first kappa shape index (κ1) is 18.8. The molecule has 0 atom stereocenters. The Morgan fingerprint density at radius 1 is 1.24 bits per heavy atom. The van der Waals surface area contributed by atoms with Gasteiger partial charge in [0.05, 0.1) is 23.9 Å². The van der Waals surface area contributed by atoms with Gasteiger partial charge in [-0.3, -0.25) is 9.89 Å². The number of aromatic nitrogens is 4. The van der Waals surface area contributed by atoms with E-state index in [0.29, 0.717) is 28.6 Å². The minimum absolute atomic E-state index is 0.122. The average Bonchev–Trinajstić information content (AvgIpc) is 3.12. The van der Waals surface area contributed by atoms with E-state index in [1.807, 2.05) is 18.2 Å². The number of benzene rings is 1. The number of hydrogen-bond acceptors (Lipinski definition) is 6. The molecule has 0 spiro atoms. The maximum Gasteiger partial charge on any atom is 0.272 e. The molecule has 1 aromatic carbocycles. The molecular formula is C19H12Cl2N6O2. The second kappa shape index (κ2) is 7.83. The van der Waals surface area contributed by atoms with Gasteiger partial charge in [0.2, 0.25) is 0 Å². The zero-order valence-corrected chi connectivity index (χ0v) is 16.2. The number of nitriles is 1. The van der Waals surface area contributed by atoms with Crippen molar-refractivity contribution in [2.24, 2.45) is 0 Å². The number of hydrogen-bond donors (Lipinski definition) is 3. The van der Waals surface area contributed by atoms with E-state index in [4.69, 9.17) is 33.2 Å². The van der Waals surface area contributed by atoms with E-state index in [9.17, 15) is 4.79 Å². The average molecular weight is 427 g/mol. The summed E-state index contributed by atoms with van der Waals surface area (Å²) in [6.45, 7) is 0.332. The lowest BCUT2D eigenvalue weighted by Crippen LogP contribution is -2.12. The molecule has 8 nitrogen and oxygen atoms in total. The van der Waals surface area contributed by atoms with Crippen LogP contribution in [-0.2, 0) is 6.54 Å². The molecule has 0 bridgehead atoms. The van der Waals surface area contributed by atoms with Gasteiger partial charge in [-0.2, -0.15) is 10.4 Å². The standard InChI is InChI=1S/C19H12Cl2N6O2/c20-11-4-10(8-22)5-12(6-11)29-15-7-16(25-19(28)17(15)21)24-9-14-13-2-1-3-23-18(13)27-26-14/h1-7H,9H2,(H,23,26,27)(H2,24,25,28). The van der Waals surface area contributed by atoms with Gasteiger partial charge < -0.3 is 15.0 Å². The van der Waals surface area contributed by atoms with Gasteiger partial charge in [0, 0.05) is 22.7 Å². The van der Waals surface area contributed by atoms with Gasteiger partial charge in [-0.15, -0.1) is 0 Å². The van der Waals surface area contributed by atoms with Crippen LogP contribution < -0.4 is 15.6 Å². The van der Waals surface area contributed by atoms with E-state index in [2.05, 4.69) is 25.5 Å². The number of nitrogens with one attached hydrogen (secondary N) is 3. The SMILES string of the molecule is N#Cc1cc(Cl)cc(Oc2cc(NCc3n[nH]c4ncccc34)[nH]c(=O)c2Cl)c1. The van der Waals surface area contributed by atoms with Gasteiger partial charge in [-0.05, 0) is 30.3 Å². The molecule has 0 radical (unpaired) electrons. The predicted octanol–water partition coefficient (Wildman–Crippen LogP) is 4.23. The number of pyridine rings is 2. The highest BCUT2D eigenvalue weighted by Crippen LogP contribution is 2.30. The normalized spacial score (nSPS) is 10.7. The molecule has 0 saturated carbocycles. The van der Waals surface area contributed by atoms with E-state index < -0.39 is 5.56 Å². The fourth-order valence-electron chi connectivity index (χ4n) is 2.72. The van der Waals surface area contributed by atoms with Crippen LogP contribution in [0.1, 0.15) is 11.3 Å². The van der Waals surface area contributed by atoms with Crippen molar-refractivity contribution in [1.82, 2.24) is 20.2 Å². The summed E-state index contributed by atoms with van der Waals surface area (Å²) < 4.78 is 5.70. The van der Waals surface area contributed by atoms with Crippen LogP contribution >= 0.6 is 23.2 Å². The van der Waals surface area contributed by atoms with Crippen LogP contribution in [0.5, 0.6) is 11.5 Å². The number of anilines is 1. The molecule has 0 aliphatic rings. The summed E-state index contributed by atoms with van der Waals surface area (Å²) in [4.78, 5) is 19.0. The molecule has 0 amide bonds. The first-order valence-corrected chi connectivity index (χ1v) is 9.12. The summed E-state index contributed by atoms with van der Waals surface area (Å²) >= 11 is 12.1. The van der Waals surface area contributed by atoms with E-state index in [-0.39, 0.29) is 16.5 Å². The largest absolute Gasteiger partial charge is 0.455 e. The Balaban J connectivity index is 1.60. The number of H-pyrrole nitrogens is 2. The van der Waals surface area contributed by atoms with Crippen molar-refractivity contribution in [1.29, 1.82) is 5.26 Å². The Bertz CT molecular complexity index is 1310. The van der Waals surface area contributed by atoms with Crippen LogP contribution in [0.4, 0.5) is 5.82 Å². The van der Waals surface area contributed by atoms with Crippen molar-refractivity contribution in [3.05, 3.63) is 74.3 Å². The Morgan fingerprint density at radius 2 is 2.10 bits per heavy atom. The number of ether oxygens (including phenoxy) is 1. The lowest BCUT2D eigenvalue weighted by atomic mass is 10.2. The van der Waals surface area contributed by atoms with Crippen molar-refractivity contribution < 1.29 is 4.74 Å². The Morgan fingerprint density at radius 3 is 2.93 bits per heavy atom. The zero-order chi connectivity index (χ0) is 20.4. The van der Waals surface area contributed by atoms with E-state index >= 15 is 0 Å². The van der Waals surface area contributed by atoms with Crippen molar-refractivity contribution in [2.45, 2.75) is 6.54 Å². The van der Waals surface area contributed by atoms with Gasteiger partial charge in [0.25, 0.3) is 5.56 Å². The predicted molar refractivity (Wildman–Crippen MR) is 110 cm³/mol. The molecule has 4 aromatic rings. The van der Waals surface area contributed by atoms with E-state index in [1.54, 1.807) is 12.3 Å². The van der Waals surface area contributed by atoms with Crippen LogP contribution in [0.15, 0.2) is 47.4 Å². The summed E-state index contributed by atoms with van der Waals surface area (Å²) in [6.07, 6.45) is 1.67. The van der Waals surface area contributed by atoms with Crippen LogP contribution in [0.2, 0.25) is 10.0 Å². The van der Waals surface area contributed by atoms with Gasteiger partial charge in [0.15, 0.2) is 11.4 Å². The van der Waals surface area contributed by atoms with Gasteiger partial charge in [0.1, 0.15) is 16.6 Å². The van der Waals surface area contributed by atoms with Crippen LogP contribution in [0.25, 0.3) is 11.0 Å². The molecule has 29 heavy (non-hydrogen) atoms. The second-order valence-corrected chi connectivity index (χ2v) is 6.82. The minimum atomic E-state index is -0.525. The van der Waals surface area contributed by atoms with Gasteiger partial charge in [-0.1, -0.05) is 23.2 Å². The molecule has 3 N–H and O–H groups in total. The Kier molecular flexibility index (Phi) is 5.08. The number of halogens is 2. The first-order valence-electron chi connectivity index (χ1n) is 8.36. The molecule has 0 aliphatic heterocycles. The lowest BCUT2D eigenvalue weighted by molar-refractivity contribution is 0.481. The van der Waals surface area contributed by atoms with Crippen LogP contribution in [0, 0.1) is 11.3 Å². The smallest absolute Gasteiger partial charge is 0.272 e. The highest BCUT2D eigenvalue weighted by Gasteiger charge is 2.12. The maximum atomic E-state index is 12.2. The van der Waals surface area contributed by atoms with Crippen molar-refractivity contribution in [2.75, 3.05) is 5.32 Å². The fourth-order valence-corrected chi connectivity index (χ4v) is 3.09. The number of aromatic amines is 2. The Labute approximate surface area is 174 Å². The lowest BCUT2D eigenvalue weighted by Gasteiger charge is -2.11. The van der Waals surface area contributed by atoms with Crippen molar-refractivity contribution in [3.63, 3.8) is 0 Å². The molecular weight excluding hydrogens is 415 g/mol. The second-order valence-electron chi connectivity index (χ2n) is 6.00. The molecule has 0 fully saturated rings. The summed E-state index contributed by atoms with van der Waals surface area (Å²) in [5, 5.41) is 20.3. The third-order valence-electron chi connectivity index (χ3n) is 4.03. The number of fused-ring (bicyclic) bond motifs is 1. The summed E-state index contributed by atoms with van der Waals surface area (Å²) in [6, 6.07) is 11.8. The van der Waals surface area contributed by atoms with Crippen molar-refractivity contribution in [3.8, 4) is 17.6 Å². The van der Waals surface area contributed by atoms with E-state index in [0.717, 1.165) is 11.1 Å². The third kappa shape index (κ3) is 4.01. The molecule has 0 unspecified atom stereocenters. The van der Waals surface area contributed by atoms with Crippen molar-refractivity contribution >= 4 is 40.1 Å². The van der Waals surface area contributed by atoms with Crippen LogP contribution in [0.3, 0.4) is 0 Å². The summed E-state index contributed by atoms with van der Waals surface area (Å²) in [5.41, 5.74) is 1.21. The zero-order valence-electron chi connectivity index (χ0n) is 14.7. The monoisotopic (exact) mass is 426 g/mol. The van der Waals surface area contributed by atoms with Crippen LogP contribution in [-0.4, -0.2) is 20.2 Å². The number of nitrogens with zero attached hydrogens (tertiary/aromatic N) is 3. The Hall–Kier alpha value is -3.54. The number of rotatable bonds is 5. The molecule has 4 rings (SSSR count). The third-order valence-corrected chi connectivity index (χ3v) is 4.61. The van der Waals surface area contributed by atoms with E-state index in [1.165, 1.54) is 18.2 Å². The minimum Gasteiger partial charge on any atom is -0.455 e. The fraction of sp³-hybridized carbons (Fsp3) is 0.0526. The molecule has 0 aliphatic carbocycles. The quantitative estimate of drug-likeness (QED) is 0.439. The summed E-state index contributed by atoms with van der Waals surface area (Å²) in [7, 11) is 0.